The summed E-state index contributed by atoms with van der Waals surface area (Å²) in [5.74, 6) is 0.472. The van der Waals surface area contributed by atoms with Crippen molar-refractivity contribution in [1.82, 2.24) is 19.7 Å². The number of benzene rings is 1. The van der Waals surface area contributed by atoms with Gasteiger partial charge in [-0.25, -0.2) is 4.98 Å². The van der Waals surface area contributed by atoms with Crippen LogP contribution in [0.1, 0.15) is 24.5 Å². The molecule has 0 fully saturated rings. The number of aromatic amines is 1. The van der Waals surface area contributed by atoms with Crippen molar-refractivity contribution in [3.63, 3.8) is 0 Å². The van der Waals surface area contributed by atoms with E-state index in [-0.39, 0.29) is 5.56 Å². The quantitative estimate of drug-likeness (QED) is 0.758. The molecule has 0 aliphatic heterocycles. The molecule has 0 saturated heterocycles. The summed E-state index contributed by atoms with van der Waals surface area (Å²) >= 11 is 6.16. The lowest BCUT2D eigenvalue weighted by atomic mass is 10.2. The number of aryl methyl sites for hydroxylation is 1. The van der Waals surface area contributed by atoms with E-state index in [1.54, 1.807) is 38.2 Å². The van der Waals surface area contributed by atoms with E-state index in [0.717, 1.165) is 0 Å². The molecule has 3 aromatic rings. The van der Waals surface area contributed by atoms with Crippen LogP contribution in [0.5, 0.6) is 0 Å². The van der Waals surface area contributed by atoms with Crippen LogP contribution in [0.4, 0.5) is 0 Å². The fourth-order valence-electron chi connectivity index (χ4n) is 2.32. The molecule has 1 atom stereocenters. The second-order valence-electron chi connectivity index (χ2n) is 4.89. The Morgan fingerprint density at radius 1 is 1.43 bits per heavy atom. The highest BCUT2D eigenvalue weighted by Crippen LogP contribution is 2.22. The van der Waals surface area contributed by atoms with Crippen molar-refractivity contribution >= 4 is 22.5 Å². The zero-order valence-corrected chi connectivity index (χ0v) is 12.3. The highest BCUT2D eigenvalue weighted by molar-refractivity contribution is 6.35. The van der Waals surface area contributed by atoms with Gasteiger partial charge in [-0.05, 0) is 26.0 Å². The molecule has 6 nitrogen and oxygen atoms in total. The predicted molar refractivity (Wildman–Crippen MR) is 81.8 cm³/mol. The summed E-state index contributed by atoms with van der Waals surface area (Å²) in [6.07, 6.45) is 1.65. The van der Waals surface area contributed by atoms with Gasteiger partial charge in [-0.2, -0.15) is 5.10 Å². The fourth-order valence-corrected chi connectivity index (χ4v) is 2.57. The zero-order chi connectivity index (χ0) is 15.1. The lowest BCUT2D eigenvalue weighted by Gasteiger charge is -2.15. The van der Waals surface area contributed by atoms with Crippen LogP contribution < -0.4 is 11.3 Å². The molecule has 0 aliphatic carbocycles. The normalized spacial score (nSPS) is 12.8. The SMILES string of the molecule is Cc1n[nH]cc1-n1c(C(C)N)nc2cccc(Cl)c2c1=O. The van der Waals surface area contributed by atoms with Crippen molar-refractivity contribution < 1.29 is 0 Å². The van der Waals surface area contributed by atoms with E-state index in [4.69, 9.17) is 17.3 Å². The Labute approximate surface area is 125 Å². The molecule has 0 amide bonds. The fraction of sp³-hybridized carbons (Fsp3) is 0.214. The van der Waals surface area contributed by atoms with E-state index in [9.17, 15) is 4.79 Å². The molecular weight excluding hydrogens is 290 g/mol. The Morgan fingerprint density at radius 2 is 2.19 bits per heavy atom. The summed E-state index contributed by atoms with van der Waals surface area (Å²) in [6, 6.07) is 4.78. The third-order valence-electron chi connectivity index (χ3n) is 3.33. The Kier molecular flexibility index (Phi) is 3.27. The summed E-state index contributed by atoms with van der Waals surface area (Å²) < 4.78 is 1.47. The van der Waals surface area contributed by atoms with Crippen LogP contribution in [0.2, 0.25) is 5.02 Å². The Morgan fingerprint density at radius 3 is 2.81 bits per heavy atom. The van der Waals surface area contributed by atoms with Gasteiger partial charge in [0.2, 0.25) is 0 Å². The van der Waals surface area contributed by atoms with E-state index < -0.39 is 6.04 Å². The molecule has 7 heteroatoms. The van der Waals surface area contributed by atoms with Crippen LogP contribution in [0, 0.1) is 6.92 Å². The molecule has 0 bridgehead atoms. The highest BCUT2D eigenvalue weighted by Gasteiger charge is 2.19. The topological polar surface area (TPSA) is 89.6 Å². The summed E-state index contributed by atoms with van der Waals surface area (Å²) in [5.41, 5.74) is 7.59. The minimum absolute atomic E-state index is 0.248. The van der Waals surface area contributed by atoms with Crippen LogP contribution in [-0.2, 0) is 0 Å². The molecule has 3 N–H and O–H groups in total. The third-order valence-corrected chi connectivity index (χ3v) is 3.64. The van der Waals surface area contributed by atoms with Crippen LogP contribution >= 0.6 is 11.6 Å². The smallest absolute Gasteiger partial charge is 0.267 e. The molecule has 108 valence electrons. The maximum atomic E-state index is 12.9. The average molecular weight is 304 g/mol. The van der Waals surface area contributed by atoms with Gasteiger partial charge in [-0.1, -0.05) is 17.7 Å². The van der Waals surface area contributed by atoms with Gasteiger partial charge in [0.25, 0.3) is 5.56 Å². The molecule has 21 heavy (non-hydrogen) atoms. The Balaban J connectivity index is 2.50. The van der Waals surface area contributed by atoms with Gasteiger partial charge in [0.05, 0.1) is 33.3 Å². The van der Waals surface area contributed by atoms with E-state index in [0.29, 0.717) is 33.1 Å². The van der Waals surface area contributed by atoms with Gasteiger partial charge in [-0.15, -0.1) is 0 Å². The number of H-pyrrole nitrogens is 1. The van der Waals surface area contributed by atoms with Crippen molar-refractivity contribution in [3.05, 3.63) is 51.3 Å². The minimum Gasteiger partial charge on any atom is -0.322 e. The molecule has 1 aromatic carbocycles. The second kappa shape index (κ2) is 4.98. The number of rotatable bonds is 2. The average Bonchev–Trinajstić information content (AvgIpc) is 2.84. The largest absolute Gasteiger partial charge is 0.322 e. The van der Waals surface area contributed by atoms with E-state index in [2.05, 4.69) is 15.2 Å². The summed E-state index contributed by atoms with van der Waals surface area (Å²) in [5, 5.41) is 7.54. The number of nitrogens with zero attached hydrogens (tertiary/aromatic N) is 3. The molecule has 2 aromatic heterocycles. The molecule has 2 heterocycles. The summed E-state index contributed by atoms with van der Waals surface area (Å²) in [6.45, 7) is 3.59. The standard InChI is InChI=1S/C14H14ClN5O/c1-7(16)13-18-10-5-3-4-9(15)12(10)14(21)20(13)11-6-17-19-8(11)2/h3-7H,16H2,1-2H3,(H,17,19). The lowest BCUT2D eigenvalue weighted by molar-refractivity contribution is 0.695. The molecule has 0 saturated carbocycles. The first-order valence-corrected chi connectivity index (χ1v) is 6.86. The maximum absolute atomic E-state index is 12.9. The molecule has 0 spiro atoms. The van der Waals surface area contributed by atoms with Crippen molar-refractivity contribution in [3.8, 4) is 5.69 Å². The van der Waals surface area contributed by atoms with Gasteiger partial charge < -0.3 is 5.73 Å². The van der Waals surface area contributed by atoms with Crippen molar-refractivity contribution in [2.24, 2.45) is 5.73 Å². The van der Waals surface area contributed by atoms with Gasteiger partial charge >= 0.3 is 0 Å². The number of hydrogen-bond donors (Lipinski definition) is 2. The minimum atomic E-state index is -0.407. The Bertz CT molecular complexity index is 881. The number of hydrogen-bond acceptors (Lipinski definition) is 4. The highest BCUT2D eigenvalue weighted by atomic mass is 35.5. The number of nitrogens with one attached hydrogen (secondary N) is 1. The zero-order valence-electron chi connectivity index (χ0n) is 11.6. The molecule has 0 radical (unpaired) electrons. The van der Waals surface area contributed by atoms with Crippen LogP contribution in [-0.4, -0.2) is 19.7 Å². The molecule has 1 unspecified atom stereocenters. The van der Waals surface area contributed by atoms with Crippen molar-refractivity contribution in [2.75, 3.05) is 0 Å². The first-order chi connectivity index (χ1) is 10.0. The summed E-state index contributed by atoms with van der Waals surface area (Å²) in [4.78, 5) is 17.4. The van der Waals surface area contributed by atoms with Gasteiger partial charge in [-0.3, -0.25) is 14.5 Å². The number of fused-ring (bicyclic) bond motifs is 1. The molecule has 3 rings (SSSR count). The predicted octanol–water partition coefficient (Wildman–Crippen LogP) is 2.09. The first kappa shape index (κ1) is 13.8. The lowest BCUT2D eigenvalue weighted by Crippen LogP contribution is -2.27. The summed E-state index contributed by atoms with van der Waals surface area (Å²) in [7, 11) is 0. The van der Waals surface area contributed by atoms with E-state index in [1.807, 2.05) is 0 Å². The second-order valence-corrected chi connectivity index (χ2v) is 5.30. The van der Waals surface area contributed by atoms with E-state index in [1.165, 1.54) is 4.57 Å². The van der Waals surface area contributed by atoms with Crippen LogP contribution in [0.3, 0.4) is 0 Å². The number of nitrogens with two attached hydrogens (primary N) is 1. The van der Waals surface area contributed by atoms with E-state index >= 15 is 0 Å². The number of halogens is 1. The molecular formula is C14H14ClN5O. The van der Waals surface area contributed by atoms with Gasteiger partial charge in [0.1, 0.15) is 5.82 Å². The van der Waals surface area contributed by atoms with Crippen molar-refractivity contribution in [1.29, 1.82) is 0 Å². The maximum Gasteiger partial charge on any atom is 0.267 e. The van der Waals surface area contributed by atoms with Crippen LogP contribution in [0.25, 0.3) is 16.6 Å². The van der Waals surface area contributed by atoms with Gasteiger partial charge in [0, 0.05) is 6.20 Å². The third kappa shape index (κ3) is 2.12. The van der Waals surface area contributed by atoms with Crippen molar-refractivity contribution in [2.45, 2.75) is 19.9 Å². The first-order valence-electron chi connectivity index (χ1n) is 6.48. The molecule has 0 aliphatic rings. The van der Waals surface area contributed by atoms with Crippen LogP contribution in [0.15, 0.2) is 29.2 Å². The monoisotopic (exact) mass is 303 g/mol. The van der Waals surface area contributed by atoms with Gasteiger partial charge in [0.15, 0.2) is 0 Å². The number of aromatic nitrogens is 4. The Hall–Kier alpha value is -2.18.